The third-order valence-corrected chi connectivity index (χ3v) is 6.28. The smallest absolute Gasteiger partial charge is 0.329 e. The number of carbonyl (C=O) groups excluding carboxylic acids is 3. The summed E-state index contributed by atoms with van der Waals surface area (Å²) in [6.45, 7) is 1.87. The van der Waals surface area contributed by atoms with Gasteiger partial charge in [0.25, 0.3) is 11.8 Å². The van der Waals surface area contributed by atoms with Gasteiger partial charge in [-0.1, -0.05) is 48.0 Å². The summed E-state index contributed by atoms with van der Waals surface area (Å²) in [5.41, 5.74) is 2.29. The molecule has 1 N–H and O–H groups in total. The van der Waals surface area contributed by atoms with Crippen molar-refractivity contribution in [2.45, 2.75) is 44.8 Å². The molecule has 6 nitrogen and oxygen atoms in total. The highest BCUT2D eigenvalue weighted by Gasteiger charge is 2.37. The van der Waals surface area contributed by atoms with Crippen LogP contribution in [0, 0.1) is 5.92 Å². The molecule has 0 aromatic heterocycles. The Morgan fingerprint density at radius 3 is 2.48 bits per heavy atom. The predicted molar refractivity (Wildman–Crippen MR) is 117 cm³/mol. The third-order valence-electron chi connectivity index (χ3n) is 5.95. The van der Waals surface area contributed by atoms with Crippen LogP contribution in [0.4, 0.5) is 0 Å². The van der Waals surface area contributed by atoms with Gasteiger partial charge in [-0.25, -0.2) is 4.79 Å². The van der Waals surface area contributed by atoms with E-state index in [4.69, 9.17) is 16.3 Å². The first-order valence-corrected chi connectivity index (χ1v) is 10.9. The first kappa shape index (κ1) is 21.4. The average Bonchev–Trinajstić information content (AvgIpc) is 3.62. The molecule has 1 aliphatic heterocycles. The van der Waals surface area contributed by atoms with Crippen LogP contribution in [0.15, 0.2) is 48.5 Å². The van der Waals surface area contributed by atoms with Crippen molar-refractivity contribution in [1.29, 1.82) is 0 Å². The van der Waals surface area contributed by atoms with Crippen LogP contribution in [0.1, 0.15) is 41.3 Å². The van der Waals surface area contributed by atoms with Gasteiger partial charge in [0.05, 0.1) is 10.6 Å². The molecule has 162 valence electrons. The van der Waals surface area contributed by atoms with Crippen molar-refractivity contribution in [3.05, 3.63) is 70.2 Å². The second kappa shape index (κ2) is 9.10. The van der Waals surface area contributed by atoms with E-state index in [2.05, 4.69) is 5.32 Å². The first-order chi connectivity index (χ1) is 14.9. The standard InChI is InChI=1S/C24H25ClN2O4/c1-15(16-10-11-16)26-22(28)14-31-24(30)21-12-17-6-2-3-7-18(17)13-27(21)23(29)19-8-4-5-9-20(19)25/h2-9,15-16,21H,10-14H2,1H3,(H,26,28). The summed E-state index contributed by atoms with van der Waals surface area (Å²) < 4.78 is 5.33. The molecule has 1 saturated carbocycles. The lowest BCUT2D eigenvalue weighted by Crippen LogP contribution is -2.50. The van der Waals surface area contributed by atoms with Gasteiger partial charge in [0.15, 0.2) is 6.61 Å². The largest absolute Gasteiger partial charge is 0.454 e. The maximum absolute atomic E-state index is 13.3. The van der Waals surface area contributed by atoms with E-state index in [9.17, 15) is 14.4 Å². The minimum Gasteiger partial charge on any atom is -0.454 e. The molecule has 1 heterocycles. The van der Waals surface area contributed by atoms with Crippen molar-refractivity contribution < 1.29 is 19.1 Å². The molecule has 4 rings (SSSR count). The zero-order valence-electron chi connectivity index (χ0n) is 17.3. The van der Waals surface area contributed by atoms with Crippen molar-refractivity contribution in [1.82, 2.24) is 10.2 Å². The fourth-order valence-electron chi connectivity index (χ4n) is 3.98. The molecule has 7 heteroatoms. The van der Waals surface area contributed by atoms with Crippen LogP contribution in [0.3, 0.4) is 0 Å². The van der Waals surface area contributed by atoms with E-state index >= 15 is 0 Å². The molecular formula is C24H25ClN2O4. The van der Waals surface area contributed by atoms with Crippen molar-refractivity contribution in [2.24, 2.45) is 5.92 Å². The molecule has 1 fully saturated rings. The molecule has 31 heavy (non-hydrogen) atoms. The summed E-state index contributed by atoms with van der Waals surface area (Å²) in [6, 6.07) is 13.7. The Morgan fingerprint density at radius 1 is 1.10 bits per heavy atom. The molecule has 0 radical (unpaired) electrons. The summed E-state index contributed by atoms with van der Waals surface area (Å²) in [5, 5.41) is 3.19. The quantitative estimate of drug-likeness (QED) is 0.699. The number of hydrogen-bond donors (Lipinski definition) is 1. The minimum absolute atomic E-state index is 0.0751. The lowest BCUT2D eigenvalue weighted by atomic mass is 9.93. The van der Waals surface area contributed by atoms with Crippen LogP contribution in [-0.4, -0.2) is 41.4 Å². The van der Waals surface area contributed by atoms with Gasteiger partial charge in [-0.05, 0) is 48.9 Å². The Hall–Kier alpha value is -2.86. The second-order valence-electron chi connectivity index (χ2n) is 8.20. The Morgan fingerprint density at radius 2 is 1.77 bits per heavy atom. The SMILES string of the molecule is CC(NC(=O)COC(=O)C1Cc2ccccc2CN1C(=O)c1ccccc1Cl)C1CC1. The van der Waals surface area contributed by atoms with Gasteiger partial charge in [0, 0.05) is 19.0 Å². The number of ether oxygens (including phenoxy) is 1. The van der Waals surface area contributed by atoms with Crippen molar-refractivity contribution in [3.63, 3.8) is 0 Å². The molecular weight excluding hydrogens is 416 g/mol. The number of nitrogens with one attached hydrogen (secondary N) is 1. The van der Waals surface area contributed by atoms with E-state index < -0.39 is 12.0 Å². The summed E-state index contributed by atoms with van der Waals surface area (Å²) >= 11 is 6.23. The molecule has 2 unspecified atom stereocenters. The van der Waals surface area contributed by atoms with Crippen LogP contribution in [0.2, 0.25) is 5.02 Å². The number of fused-ring (bicyclic) bond motifs is 1. The van der Waals surface area contributed by atoms with E-state index in [1.54, 1.807) is 24.3 Å². The summed E-state index contributed by atoms with van der Waals surface area (Å²) in [5.74, 6) is -0.746. The number of hydrogen-bond acceptors (Lipinski definition) is 4. The second-order valence-corrected chi connectivity index (χ2v) is 8.61. The number of amides is 2. The number of esters is 1. The van der Waals surface area contributed by atoms with E-state index in [0.717, 1.165) is 24.0 Å². The maximum atomic E-state index is 13.3. The van der Waals surface area contributed by atoms with Gasteiger partial charge < -0.3 is 15.0 Å². The monoisotopic (exact) mass is 440 g/mol. The fourth-order valence-corrected chi connectivity index (χ4v) is 4.20. The molecule has 0 spiro atoms. The van der Waals surface area contributed by atoms with Gasteiger partial charge in [0.2, 0.25) is 0 Å². The van der Waals surface area contributed by atoms with Crippen molar-refractivity contribution in [2.75, 3.05) is 6.61 Å². The highest BCUT2D eigenvalue weighted by atomic mass is 35.5. The topological polar surface area (TPSA) is 75.7 Å². The van der Waals surface area contributed by atoms with E-state index in [1.165, 1.54) is 4.90 Å². The minimum atomic E-state index is -0.827. The first-order valence-electron chi connectivity index (χ1n) is 10.5. The maximum Gasteiger partial charge on any atom is 0.329 e. The van der Waals surface area contributed by atoms with E-state index in [1.807, 2.05) is 31.2 Å². The number of nitrogens with zero attached hydrogens (tertiary/aromatic N) is 1. The van der Waals surface area contributed by atoms with Gasteiger partial charge >= 0.3 is 5.97 Å². The zero-order valence-corrected chi connectivity index (χ0v) is 18.1. The predicted octanol–water partition coefficient (Wildman–Crippen LogP) is 3.37. The molecule has 1 aliphatic carbocycles. The Kier molecular flexibility index (Phi) is 6.28. The Labute approximate surface area is 186 Å². The highest BCUT2D eigenvalue weighted by Crippen LogP contribution is 2.32. The summed E-state index contributed by atoms with van der Waals surface area (Å²) in [4.78, 5) is 39.9. The van der Waals surface area contributed by atoms with Gasteiger partial charge in [-0.3, -0.25) is 9.59 Å². The molecule has 2 aromatic rings. The lowest BCUT2D eigenvalue weighted by Gasteiger charge is -2.35. The molecule has 2 amide bonds. The molecule has 0 saturated heterocycles. The lowest BCUT2D eigenvalue weighted by molar-refractivity contribution is -0.153. The summed E-state index contributed by atoms with van der Waals surface area (Å²) in [6.07, 6.45) is 2.55. The Bertz CT molecular complexity index is 1000. The van der Waals surface area contributed by atoms with Gasteiger partial charge in [0.1, 0.15) is 6.04 Å². The third kappa shape index (κ3) is 4.90. The van der Waals surface area contributed by atoms with Crippen molar-refractivity contribution >= 4 is 29.4 Å². The van der Waals surface area contributed by atoms with Crippen LogP contribution in [-0.2, 0) is 27.3 Å². The van der Waals surface area contributed by atoms with Gasteiger partial charge in [-0.15, -0.1) is 0 Å². The van der Waals surface area contributed by atoms with Crippen LogP contribution >= 0.6 is 11.6 Å². The number of rotatable bonds is 6. The van der Waals surface area contributed by atoms with E-state index in [-0.39, 0.29) is 31.0 Å². The molecule has 2 aliphatic rings. The average molecular weight is 441 g/mol. The molecule has 2 atom stereocenters. The van der Waals surface area contributed by atoms with Crippen LogP contribution < -0.4 is 5.32 Å². The van der Waals surface area contributed by atoms with Gasteiger partial charge in [-0.2, -0.15) is 0 Å². The van der Waals surface area contributed by atoms with Crippen molar-refractivity contribution in [3.8, 4) is 0 Å². The number of benzene rings is 2. The van der Waals surface area contributed by atoms with Crippen LogP contribution in [0.5, 0.6) is 0 Å². The highest BCUT2D eigenvalue weighted by molar-refractivity contribution is 6.33. The van der Waals surface area contributed by atoms with Crippen LogP contribution in [0.25, 0.3) is 0 Å². The molecule has 0 bridgehead atoms. The normalized spacial score (nSPS) is 18.6. The fraction of sp³-hybridized carbons (Fsp3) is 0.375. The number of carbonyl (C=O) groups is 3. The zero-order chi connectivity index (χ0) is 22.0. The molecule has 2 aromatic carbocycles. The van der Waals surface area contributed by atoms with E-state index in [0.29, 0.717) is 22.9 Å². The summed E-state index contributed by atoms with van der Waals surface area (Å²) in [7, 11) is 0. The number of halogens is 1. The Balaban J connectivity index is 1.49.